The van der Waals surface area contributed by atoms with Gasteiger partial charge in [-0.05, 0) is 211 Å². The highest BCUT2D eigenvalue weighted by Gasteiger charge is 2.22. The van der Waals surface area contributed by atoms with Crippen LogP contribution in [0.15, 0.2) is 546 Å². The first-order valence-corrected chi connectivity index (χ1v) is 49.0. The summed E-state index contributed by atoms with van der Waals surface area (Å²) in [5.74, 6) is 2.67. The molecule has 0 aliphatic carbocycles. The second-order valence-corrected chi connectivity index (χ2v) is 36.5. The molecule has 27 aromatic rings. The van der Waals surface area contributed by atoms with Crippen LogP contribution in [0.4, 0.5) is 0 Å². The fraction of sp³-hybridized carbons (Fsp3) is 0. The number of hydrogen-bond donors (Lipinski definition) is 0. The van der Waals surface area contributed by atoms with Crippen LogP contribution in [0.3, 0.4) is 0 Å². The number of aromatic nitrogens is 6. The van der Waals surface area contributed by atoms with Crippen molar-refractivity contribution >= 4 is 97.0 Å². The third-order valence-electron chi connectivity index (χ3n) is 27.9. The molecule has 6 heteroatoms. The summed E-state index contributed by atoms with van der Waals surface area (Å²) in [7, 11) is 0. The zero-order valence-electron chi connectivity index (χ0n) is 78.6. The minimum atomic E-state index is 0.649. The Kier molecular flexibility index (Phi) is 23.0. The molecule has 0 saturated heterocycles. The van der Waals surface area contributed by atoms with E-state index in [0.717, 1.165) is 95.1 Å². The maximum Gasteiger partial charge on any atom is 0.164 e. The molecule has 0 aliphatic rings. The Morgan fingerprint density at radius 3 is 0.535 bits per heavy atom. The summed E-state index contributed by atoms with van der Waals surface area (Å²) < 4.78 is 0. The quantitative estimate of drug-likeness (QED) is 0.0952. The van der Waals surface area contributed by atoms with Crippen molar-refractivity contribution in [1.29, 1.82) is 0 Å². The highest BCUT2D eigenvalue weighted by Crippen LogP contribution is 2.46. The highest BCUT2D eigenvalue weighted by molar-refractivity contribution is 6.28. The van der Waals surface area contributed by atoms with Crippen LogP contribution < -0.4 is 0 Å². The van der Waals surface area contributed by atoms with E-state index >= 15 is 0 Å². The average Bonchev–Trinajstić information content (AvgIpc) is 0.755. The van der Waals surface area contributed by atoms with E-state index in [2.05, 4.69) is 455 Å². The minimum absolute atomic E-state index is 0.649. The summed E-state index contributed by atoms with van der Waals surface area (Å²) in [6.07, 6.45) is 0. The van der Waals surface area contributed by atoms with E-state index in [1.54, 1.807) is 0 Å². The van der Waals surface area contributed by atoms with Crippen LogP contribution in [0.1, 0.15) is 0 Å². The fourth-order valence-electron chi connectivity index (χ4n) is 20.8. The zero-order valence-corrected chi connectivity index (χ0v) is 78.6. The predicted molar refractivity (Wildman–Crippen MR) is 605 cm³/mol. The molecule has 24 aromatic carbocycles. The first-order chi connectivity index (χ1) is 71.4. The summed E-state index contributed by atoms with van der Waals surface area (Å²) in [5.41, 5.74) is 28.3. The Morgan fingerprint density at radius 1 is 0.0833 bits per heavy atom. The van der Waals surface area contributed by atoms with Crippen molar-refractivity contribution in [3.05, 3.63) is 546 Å². The number of hydrogen-bond acceptors (Lipinski definition) is 6. The highest BCUT2D eigenvalue weighted by atomic mass is 15.0. The van der Waals surface area contributed by atoms with Crippen LogP contribution in [0.2, 0.25) is 0 Å². The fourth-order valence-corrected chi connectivity index (χ4v) is 20.8. The Bertz CT molecular complexity index is 8360. The lowest BCUT2D eigenvalue weighted by Gasteiger charge is -2.15. The van der Waals surface area contributed by atoms with Gasteiger partial charge in [-0.1, -0.05) is 510 Å². The van der Waals surface area contributed by atoms with Gasteiger partial charge in [0.15, 0.2) is 23.3 Å². The summed E-state index contributed by atoms with van der Waals surface area (Å²) in [6, 6.07) is 194. The Balaban J connectivity index is 0.000000113. The summed E-state index contributed by atoms with van der Waals surface area (Å²) in [6.45, 7) is 0. The molecule has 672 valence electrons. The van der Waals surface area contributed by atoms with Crippen molar-refractivity contribution in [3.8, 4) is 168 Å². The van der Waals surface area contributed by atoms with E-state index in [9.17, 15) is 0 Å². The van der Waals surface area contributed by atoms with E-state index in [4.69, 9.17) is 29.9 Å². The summed E-state index contributed by atoms with van der Waals surface area (Å²) >= 11 is 0. The molecule has 0 spiro atoms. The number of fused-ring (bicyclic) bond motifs is 18. The van der Waals surface area contributed by atoms with Gasteiger partial charge in [0.25, 0.3) is 0 Å². The van der Waals surface area contributed by atoms with Gasteiger partial charge in [-0.15, -0.1) is 0 Å². The van der Waals surface area contributed by atoms with Crippen molar-refractivity contribution in [1.82, 2.24) is 29.9 Å². The minimum Gasteiger partial charge on any atom is -0.248 e. The molecule has 0 N–H and O–H groups in total. The van der Waals surface area contributed by atoms with Crippen LogP contribution in [0.5, 0.6) is 0 Å². The van der Waals surface area contributed by atoms with Crippen molar-refractivity contribution in [2.45, 2.75) is 0 Å². The second-order valence-electron chi connectivity index (χ2n) is 36.5. The lowest BCUT2D eigenvalue weighted by molar-refractivity contribution is 1.07. The molecular weight excluding hydrogens is 1740 g/mol. The Morgan fingerprint density at radius 2 is 0.264 bits per heavy atom. The van der Waals surface area contributed by atoms with Gasteiger partial charge in [-0.2, -0.15) is 0 Å². The zero-order chi connectivity index (χ0) is 95.6. The lowest BCUT2D eigenvalue weighted by Crippen LogP contribution is -2.01. The van der Waals surface area contributed by atoms with Crippen LogP contribution >= 0.6 is 0 Å². The molecule has 27 rings (SSSR count). The third kappa shape index (κ3) is 16.9. The van der Waals surface area contributed by atoms with Crippen LogP contribution in [0, 0.1) is 0 Å². The summed E-state index contributed by atoms with van der Waals surface area (Å²) in [4.78, 5) is 30.2. The maximum absolute atomic E-state index is 5.11. The standard InChI is InChI=1S/C47H31N.C46H30N2.C45H29N3/c1-3-13-34(14-4-1)46-30-37(31-47(48-46)35-15-5-2-6-16-35)39-18-8-7-17-38(39)33-25-23-32(24-26-33)36-27-28-44-42-21-10-9-19-40(42)41-20-11-12-22-43(41)45(44)29-36;1-3-13-33(14-4-1)44-30-45(34-15-5-2-6-16-34)48-46(47-44)42-22-12-7-17-36(42)32-25-23-31(24-26-32)35-27-28-41-39-20-9-8-18-37(39)38-19-10-11-21-40(38)43(41)29-35;1-3-13-32(14-4-1)43-46-44(33-15-5-2-6-16-33)48-45(47-43)41-22-12-7-17-35(41)31-25-23-30(24-26-31)34-27-28-40-38-20-9-8-18-36(38)37-19-10-11-21-39(37)42(40)29-34/h1-31H;1-30H;1-29H. The van der Waals surface area contributed by atoms with E-state index in [-0.39, 0.29) is 0 Å². The van der Waals surface area contributed by atoms with Gasteiger partial charge in [-0.25, -0.2) is 29.9 Å². The normalized spacial score (nSPS) is 11.3. The molecule has 0 atom stereocenters. The molecule has 0 aliphatic heterocycles. The van der Waals surface area contributed by atoms with Crippen LogP contribution in [-0.2, 0) is 0 Å². The molecule has 6 nitrogen and oxygen atoms in total. The molecule has 0 unspecified atom stereocenters. The first-order valence-electron chi connectivity index (χ1n) is 49.0. The van der Waals surface area contributed by atoms with E-state index in [1.807, 2.05) is 91.0 Å². The maximum atomic E-state index is 5.11. The van der Waals surface area contributed by atoms with Gasteiger partial charge in [-0.3, -0.25) is 0 Å². The van der Waals surface area contributed by atoms with Crippen molar-refractivity contribution in [2.24, 2.45) is 0 Å². The van der Waals surface area contributed by atoms with Gasteiger partial charge in [0.2, 0.25) is 0 Å². The number of benzene rings is 24. The van der Waals surface area contributed by atoms with Gasteiger partial charge in [0.05, 0.1) is 22.8 Å². The summed E-state index contributed by atoms with van der Waals surface area (Å²) in [5, 5.41) is 23.2. The van der Waals surface area contributed by atoms with Crippen molar-refractivity contribution < 1.29 is 0 Å². The molecule has 3 heterocycles. The van der Waals surface area contributed by atoms with Crippen molar-refractivity contribution in [3.63, 3.8) is 0 Å². The molecular formula is C138H90N6. The van der Waals surface area contributed by atoms with Crippen LogP contribution in [-0.4, -0.2) is 29.9 Å². The van der Waals surface area contributed by atoms with Crippen LogP contribution in [0.25, 0.3) is 265 Å². The SMILES string of the molecule is c1ccc(-c2cc(-c3ccccc3)nc(-c3ccccc3-c3ccc(-c4ccc5c6ccccc6c6ccccc6c5c4)cc3)n2)cc1.c1ccc(-c2cc(-c3ccccc3-c3ccc(-c4ccc5c6ccccc6c6ccccc6c5c4)cc3)cc(-c3ccccc3)n2)cc1.c1ccc(-c2nc(-c3ccccc3)nc(-c3ccccc3-c3ccc(-c4ccc5c6ccccc6c6ccccc6c5c4)cc3)n2)cc1. The third-order valence-corrected chi connectivity index (χ3v) is 27.9. The van der Waals surface area contributed by atoms with Gasteiger partial charge in [0, 0.05) is 44.5 Å². The monoisotopic (exact) mass is 1830 g/mol. The number of rotatable bonds is 15. The lowest BCUT2D eigenvalue weighted by atomic mass is 9.90. The largest absolute Gasteiger partial charge is 0.248 e. The Labute approximate surface area is 835 Å². The average molecular weight is 1830 g/mol. The number of pyridine rings is 1. The molecule has 0 fully saturated rings. The predicted octanol–water partition coefficient (Wildman–Crippen LogP) is 36.8. The smallest absolute Gasteiger partial charge is 0.164 e. The van der Waals surface area contributed by atoms with Gasteiger partial charge in [0.1, 0.15) is 0 Å². The first kappa shape index (κ1) is 86.4. The molecule has 0 amide bonds. The van der Waals surface area contributed by atoms with E-state index < -0.39 is 0 Å². The van der Waals surface area contributed by atoms with Gasteiger partial charge < -0.3 is 0 Å². The molecule has 3 aromatic heterocycles. The molecule has 144 heavy (non-hydrogen) atoms. The molecule has 0 radical (unpaired) electrons. The molecule has 0 bridgehead atoms. The van der Waals surface area contributed by atoms with E-state index in [0.29, 0.717) is 23.3 Å². The molecule has 0 saturated carbocycles. The van der Waals surface area contributed by atoms with Crippen molar-refractivity contribution in [2.75, 3.05) is 0 Å². The topological polar surface area (TPSA) is 77.3 Å². The Hall–Kier alpha value is -19.1. The van der Waals surface area contributed by atoms with E-state index in [1.165, 1.54) is 147 Å². The second kappa shape index (κ2) is 38.3. The van der Waals surface area contributed by atoms with Gasteiger partial charge >= 0.3 is 0 Å². The number of nitrogens with zero attached hydrogens (tertiary/aromatic N) is 6.